The van der Waals surface area contributed by atoms with Crippen LogP contribution in [0.1, 0.15) is 11.1 Å². The van der Waals surface area contributed by atoms with Crippen LogP contribution in [0.25, 0.3) is 11.0 Å². The highest BCUT2D eigenvalue weighted by Gasteiger charge is 2.37. The van der Waals surface area contributed by atoms with E-state index in [2.05, 4.69) is 5.32 Å². The van der Waals surface area contributed by atoms with E-state index in [1.807, 2.05) is 6.92 Å². The third-order valence-corrected chi connectivity index (χ3v) is 6.18. The predicted molar refractivity (Wildman–Crippen MR) is 94.0 cm³/mol. The summed E-state index contributed by atoms with van der Waals surface area (Å²) >= 11 is 0. The van der Waals surface area contributed by atoms with Gasteiger partial charge in [0.1, 0.15) is 11.3 Å². The lowest BCUT2D eigenvalue weighted by atomic mass is 10.1. The molecule has 2 N–H and O–H groups in total. The van der Waals surface area contributed by atoms with E-state index < -0.39 is 33.5 Å². The van der Waals surface area contributed by atoms with Gasteiger partial charge in [-0.15, -0.1) is 0 Å². The van der Waals surface area contributed by atoms with Gasteiger partial charge in [-0.1, -0.05) is 0 Å². The number of hydrogen-bond acceptors (Lipinski definition) is 7. The van der Waals surface area contributed by atoms with Crippen molar-refractivity contribution in [2.45, 2.75) is 26.0 Å². The van der Waals surface area contributed by atoms with Gasteiger partial charge >= 0.3 is 5.63 Å². The number of ether oxygens (including phenoxy) is 1. The Morgan fingerprint density at radius 2 is 2.04 bits per heavy atom. The molecule has 26 heavy (non-hydrogen) atoms. The van der Waals surface area contributed by atoms with Gasteiger partial charge in [0, 0.05) is 17.0 Å². The largest absolute Gasteiger partial charge is 0.484 e. The number of hydrogen-bond donors (Lipinski definition) is 2. The molecule has 0 bridgehead atoms. The number of benzene rings is 1. The fourth-order valence-electron chi connectivity index (χ4n) is 2.88. The minimum atomic E-state index is -3.34. The molecule has 1 aliphatic rings. The Morgan fingerprint density at radius 3 is 2.69 bits per heavy atom. The van der Waals surface area contributed by atoms with Crippen LogP contribution in [0, 0.1) is 13.8 Å². The zero-order valence-electron chi connectivity index (χ0n) is 14.3. The maximum atomic E-state index is 11.9. The van der Waals surface area contributed by atoms with E-state index in [9.17, 15) is 23.1 Å². The summed E-state index contributed by atoms with van der Waals surface area (Å²) in [6.07, 6.45) is -1.12. The fraction of sp³-hybridized carbons (Fsp3) is 0.412. The molecular formula is C17H19NO7S. The van der Waals surface area contributed by atoms with Crippen molar-refractivity contribution in [2.24, 2.45) is 0 Å². The Kier molecular flexibility index (Phi) is 4.76. The average Bonchev–Trinajstić information content (AvgIpc) is 2.82. The molecule has 8 nitrogen and oxygen atoms in total. The molecule has 140 valence electrons. The Balaban J connectivity index is 1.67. The van der Waals surface area contributed by atoms with E-state index in [4.69, 9.17) is 9.15 Å². The van der Waals surface area contributed by atoms with Gasteiger partial charge in [-0.05, 0) is 31.5 Å². The number of sulfone groups is 1. The van der Waals surface area contributed by atoms with Crippen LogP contribution < -0.4 is 15.7 Å². The average molecular weight is 381 g/mol. The number of nitrogens with one attached hydrogen (secondary N) is 1. The minimum Gasteiger partial charge on any atom is -0.484 e. The highest BCUT2D eigenvalue weighted by molar-refractivity contribution is 7.91. The molecular weight excluding hydrogens is 362 g/mol. The van der Waals surface area contributed by atoms with E-state index in [-0.39, 0.29) is 18.1 Å². The first-order valence-corrected chi connectivity index (χ1v) is 9.83. The molecule has 1 saturated heterocycles. The number of carbonyl (C=O) groups excluding carboxylic acids is 1. The van der Waals surface area contributed by atoms with Gasteiger partial charge < -0.3 is 19.6 Å². The molecule has 0 saturated carbocycles. The zero-order chi connectivity index (χ0) is 19.1. The summed E-state index contributed by atoms with van der Waals surface area (Å²) in [4.78, 5) is 23.7. The lowest BCUT2D eigenvalue weighted by Crippen LogP contribution is -2.44. The molecule has 1 amide bonds. The molecule has 9 heteroatoms. The first-order chi connectivity index (χ1) is 12.2. The van der Waals surface area contributed by atoms with Gasteiger partial charge in [0.25, 0.3) is 5.91 Å². The van der Waals surface area contributed by atoms with Crippen LogP contribution in [-0.2, 0) is 14.6 Å². The van der Waals surface area contributed by atoms with Crippen molar-refractivity contribution in [1.29, 1.82) is 0 Å². The molecule has 2 atom stereocenters. The first-order valence-electron chi connectivity index (χ1n) is 8.01. The maximum absolute atomic E-state index is 11.9. The van der Waals surface area contributed by atoms with Gasteiger partial charge in [0.05, 0.1) is 23.7 Å². The van der Waals surface area contributed by atoms with Crippen LogP contribution in [0.15, 0.2) is 27.4 Å². The lowest BCUT2D eigenvalue weighted by Gasteiger charge is -2.15. The normalized spacial score (nSPS) is 21.7. The fourth-order valence-corrected chi connectivity index (χ4v) is 4.62. The molecule has 0 unspecified atom stereocenters. The van der Waals surface area contributed by atoms with E-state index in [0.717, 1.165) is 10.9 Å². The smallest absolute Gasteiger partial charge is 0.339 e. The molecule has 2 heterocycles. The van der Waals surface area contributed by atoms with Gasteiger partial charge in [0.2, 0.25) is 0 Å². The van der Waals surface area contributed by atoms with E-state index >= 15 is 0 Å². The van der Waals surface area contributed by atoms with Crippen molar-refractivity contribution in [3.63, 3.8) is 0 Å². The van der Waals surface area contributed by atoms with E-state index in [0.29, 0.717) is 16.9 Å². The van der Waals surface area contributed by atoms with Crippen LogP contribution in [0.5, 0.6) is 5.75 Å². The molecule has 0 spiro atoms. The van der Waals surface area contributed by atoms with E-state index in [1.165, 1.54) is 6.07 Å². The van der Waals surface area contributed by atoms with Crippen LogP contribution in [0.4, 0.5) is 0 Å². The lowest BCUT2D eigenvalue weighted by molar-refractivity contribution is -0.124. The molecule has 1 aliphatic heterocycles. The third-order valence-electron chi connectivity index (χ3n) is 4.47. The van der Waals surface area contributed by atoms with Crippen molar-refractivity contribution < 1.29 is 27.5 Å². The van der Waals surface area contributed by atoms with Crippen LogP contribution in [0.2, 0.25) is 0 Å². The molecule has 1 aromatic heterocycles. The molecule has 1 aromatic carbocycles. The molecule has 2 aromatic rings. The SMILES string of the molecule is Cc1c(C)c2ccc(OCC(=O)N[C@@H]3CS(=O)(=O)C[C@H]3O)cc2oc1=O. The number of amides is 1. The summed E-state index contributed by atoms with van der Waals surface area (Å²) in [6, 6.07) is 4.07. The van der Waals surface area contributed by atoms with Crippen LogP contribution in [0.3, 0.4) is 0 Å². The predicted octanol–water partition coefficient (Wildman–Crippen LogP) is 0.0627. The maximum Gasteiger partial charge on any atom is 0.339 e. The van der Waals surface area contributed by atoms with Crippen molar-refractivity contribution in [1.82, 2.24) is 5.32 Å². The molecule has 0 radical (unpaired) electrons. The summed E-state index contributed by atoms with van der Waals surface area (Å²) in [7, 11) is -3.34. The van der Waals surface area contributed by atoms with Crippen molar-refractivity contribution in [3.8, 4) is 5.75 Å². The number of aliphatic hydroxyl groups excluding tert-OH is 1. The van der Waals surface area contributed by atoms with Gasteiger partial charge in [0.15, 0.2) is 16.4 Å². The highest BCUT2D eigenvalue weighted by atomic mass is 32.2. The summed E-state index contributed by atoms with van der Waals surface area (Å²) in [5.41, 5.74) is 1.28. The third kappa shape index (κ3) is 3.73. The summed E-state index contributed by atoms with van der Waals surface area (Å²) in [5.74, 6) is -0.868. The summed E-state index contributed by atoms with van der Waals surface area (Å²) in [5, 5.41) is 12.9. The van der Waals surface area contributed by atoms with Gasteiger partial charge in [-0.2, -0.15) is 0 Å². The number of aliphatic hydroxyl groups is 1. The Morgan fingerprint density at radius 1 is 1.31 bits per heavy atom. The molecule has 3 rings (SSSR count). The first kappa shape index (κ1) is 18.4. The number of fused-ring (bicyclic) bond motifs is 1. The van der Waals surface area contributed by atoms with Crippen LogP contribution in [-0.4, -0.2) is 49.7 Å². The molecule has 0 aliphatic carbocycles. The number of aryl methyl sites for hydroxylation is 1. The monoisotopic (exact) mass is 381 g/mol. The Hall–Kier alpha value is -2.39. The zero-order valence-corrected chi connectivity index (χ0v) is 15.1. The number of carbonyl (C=O) groups is 1. The Labute approximate surface area is 149 Å². The quantitative estimate of drug-likeness (QED) is 0.718. The van der Waals surface area contributed by atoms with Gasteiger partial charge in [-0.25, -0.2) is 13.2 Å². The second kappa shape index (κ2) is 6.73. The van der Waals surface area contributed by atoms with Crippen molar-refractivity contribution in [3.05, 3.63) is 39.7 Å². The molecule has 1 fully saturated rings. The topological polar surface area (TPSA) is 123 Å². The summed E-state index contributed by atoms with van der Waals surface area (Å²) in [6.45, 7) is 3.15. The second-order valence-corrected chi connectivity index (χ2v) is 8.56. The number of rotatable bonds is 4. The standard InChI is InChI=1S/C17H19NO7S/c1-9-10(2)17(21)25-15-5-11(3-4-12(9)15)24-6-16(20)18-13-7-26(22,23)8-14(13)19/h3-5,13-14,19H,6-8H2,1-2H3,(H,18,20)/t13-,14-/m1/s1. The van der Waals surface area contributed by atoms with E-state index in [1.54, 1.807) is 19.1 Å². The van der Waals surface area contributed by atoms with Crippen molar-refractivity contribution in [2.75, 3.05) is 18.1 Å². The van der Waals surface area contributed by atoms with Gasteiger partial charge in [-0.3, -0.25) is 4.79 Å². The Bertz CT molecular complexity index is 1030. The highest BCUT2D eigenvalue weighted by Crippen LogP contribution is 2.23. The minimum absolute atomic E-state index is 0.292. The van der Waals surface area contributed by atoms with Crippen LogP contribution >= 0.6 is 0 Å². The second-order valence-electron chi connectivity index (χ2n) is 6.40. The summed E-state index contributed by atoms with van der Waals surface area (Å²) < 4.78 is 33.5. The van der Waals surface area contributed by atoms with Crippen molar-refractivity contribution >= 4 is 26.7 Å².